The summed E-state index contributed by atoms with van der Waals surface area (Å²) in [5.41, 5.74) is 2.24. The summed E-state index contributed by atoms with van der Waals surface area (Å²) >= 11 is 0. The molecule has 1 fully saturated rings. The lowest BCUT2D eigenvalue weighted by molar-refractivity contribution is -0.114. The van der Waals surface area contributed by atoms with Crippen LogP contribution in [0.1, 0.15) is 31.7 Å². The van der Waals surface area contributed by atoms with Crippen molar-refractivity contribution < 1.29 is 14.7 Å². The molecule has 1 aliphatic heterocycles. The minimum absolute atomic E-state index is 0.0154. The zero-order valence-electron chi connectivity index (χ0n) is 13.1. The topological polar surface area (TPSA) is 81.7 Å². The SMILES string of the molecule is CC(=O)Nc1cc(NC(=O)N2CCCCC2CO)ccc1C. The largest absolute Gasteiger partial charge is 0.394 e. The van der Waals surface area contributed by atoms with E-state index in [0.717, 1.165) is 24.8 Å². The van der Waals surface area contributed by atoms with Gasteiger partial charge in [-0.05, 0) is 43.9 Å². The van der Waals surface area contributed by atoms with E-state index in [1.54, 1.807) is 17.0 Å². The molecule has 1 heterocycles. The fraction of sp³-hybridized carbons (Fsp3) is 0.500. The number of aryl methyl sites for hydroxylation is 1. The third kappa shape index (κ3) is 3.98. The predicted molar refractivity (Wildman–Crippen MR) is 85.9 cm³/mol. The molecule has 0 aliphatic carbocycles. The molecule has 6 nitrogen and oxygen atoms in total. The van der Waals surface area contributed by atoms with E-state index in [9.17, 15) is 14.7 Å². The second-order valence-electron chi connectivity index (χ2n) is 5.67. The third-order valence-electron chi connectivity index (χ3n) is 3.90. The number of likely N-dealkylation sites (tertiary alicyclic amines) is 1. The van der Waals surface area contributed by atoms with E-state index < -0.39 is 0 Å². The number of aliphatic hydroxyl groups excluding tert-OH is 1. The third-order valence-corrected chi connectivity index (χ3v) is 3.90. The normalized spacial score (nSPS) is 18.0. The van der Waals surface area contributed by atoms with Crippen molar-refractivity contribution in [3.63, 3.8) is 0 Å². The lowest BCUT2D eigenvalue weighted by atomic mass is 10.0. The Labute approximate surface area is 130 Å². The van der Waals surface area contributed by atoms with Gasteiger partial charge < -0.3 is 20.6 Å². The van der Waals surface area contributed by atoms with E-state index in [1.165, 1.54) is 6.92 Å². The number of amides is 3. The molecule has 1 atom stereocenters. The van der Waals surface area contributed by atoms with Crippen molar-refractivity contribution in [2.45, 2.75) is 39.2 Å². The molecule has 0 radical (unpaired) electrons. The van der Waals surface area contributed by atoms with E-state index in [1.807, 2.05) is 13.0 Å². The molecule has 3 amide bonds. The monoisotopic (exact) mass is 305 g/mol. The summed E-state index contributed by atoms with van der Waals surface area (Å²) in [4.78, 5) is 25.2. The summed E-state index contributed by atoms with van der Waals surface area (Å²) in [6.45, 7) is 3.98. The fourth-order valence-electron chi connectivity index (χ4n) is 2.68. The van der Waals surface area contributed by atoms with Gasteiger partial charge in [0.05, 0.1) is 12.6 Å². The molecule has 6 heteroatoms. The molecule has 0 bridgehead atoms. The Hall–Kier alpha value is -2.08. The molecule has 120 valence electrons. The highest BCUT2D eigenvalue weighted by molar-refractivity contribution is 5.93. The molecule has 3 N–H and O–H groups in total. The highest BCUT2D eigenvalue weighted by Gasteiger charge is 2.26. The molecule has 1 aromatic carbocycles. The van der Waals surface area contributed by atoms with Crippen molar-refractivity contribution in [3.8, 4) is 0 Å². The van der Waals surface area contributed by atoms with Crippen LogP contribution in [-0.2, 0) is 4.79 Å². The summed E-state index contributed by atoms with van der Waals surface area (Å²) in [6, 6.07) is 5.06. The molecular weight excluding hydrogens is 282 g/mol. The molecule has 2 rings (SSSR count). The van der Waals surface area contributed by atoms with Crippen molar-refractivity contribution >= 4 is 23.3 Å². The zero-order chi connectivity index (χ0) is 16.1. The van der Waals surface area contributed by atoms with Crippen LogP contribution in [-0.4, -0.2) is 41.1 Å². The molecule has 0 saturated carbocycles. The molecular formula is C16H23N3O3. The van der Waals surface area contributed by atoms with Crippen molar-refractivity contribution in [1.82, 2.24) is 4.90 Å². The second-order valence-corrected chi connectivity index (χ2v) is 5.67. The number of anilines is 2. The number of carbonyl (C=O) groups excluding carboxylic acids is 2. The number of rotatable bonds is 3. The van der Waals surface area contributed by atoms with E-state index in [0.29, 0.717) is 17.9 Å². The minimum atomic E-state index is -0.212. The number of carbonyl (C=O) groups is 2. The van der Waals surface area contributed by atoms with E-state index in [-0.39, 0.29) is 24.6 Å². The Morgan fingerprint density at radius 3 is 2.77 bits per heavy atom. The quantitative estimate of drug-likeness (QED) is 0.801. The number of nitrogens with zero attached hydrogens (tertiary/aromatic N) is 1. The highest BCUT2D eigenvalue weighted by Crippen LogP contribution is 2.22. The molecule has 1 aliphatic rings. The van der Waals surface area contributed by atoms with Crippen LogP contribution >= 0.6 is 0 Å². The first kappa shape index (κ1) is 16.3. The van der Waals surface area contributed by atoms with Gasteiger partial charge in [-0.25, -0.2) is 4.79 Å². The fourth-order valence-corrected chi connectivity index (χ4v) is 2.68. The van der Waals surface area contributed by atoms with Crippen LogP contribution < -0.4 is 10.6 Å². The number of hydrogen-bond donors (Lipinski definition) is 3. The lowest BCUT2D eigenvalue weighted by Crippen LogP contribution is -2.47. The molecule has 22 heavy (non-hydrogen) atoms. The van der Waals surface area contributed by atoms with Crippen LogP contribution in [0.4, 0.5) is 16.2 Å². The number of urea groups is 1. The Bertz CT molecular complexity index is 560. The number of nitrogens with one attached hydrogen (secondary N) is 2. The summed E-state index contributed by atoms with van der Waals surface area (Å²) in [6.07, 6.45) is 2.82. The molecule has 0 aromatic heterocycles. The number of piperidine rings is 1. The van der Waals surface area contributed by atoms with Crippen molar-refractivity contribution in [2.75, 3.05) is 23.8 Å². The predicted octanol–water partition coefficient (Wildman–Crippen LogP) is 2.33. The molecule has 0 spiro atoms. The average molecular weight is 305 g/mol. The first-order valence-corrected chi connectivity index (χ1v) is 7.58. The average Bonchev–Trinajstić information content (AvgIpc) is 2.50. The Kier molecular flexibility index (Phi) is 5.38. The van der Waals surface area contributed by atoms with Gasteiger partial charge >= 0.3 is 6.03 Å². The number of aliphatic hydroxyl groups is 1. The molecule has 1 saturated heterocycles. The smallest absolute Gasteiger partial charge is 0.322 e. The van der Waals surface area contributed by atoms with Crippen LogP contribution in [0.15, 0.2) is 18.2 Å². The van der Waals surface area contributed by atoms with Gasteiger partial charge in [0, 0.05) is 24.8 Å². The van der Waals surface area contributed by atoms with Crippen molar-refractivity contribution in [3.05, 3.63) is 23.8 Å². The standard InChI is InChI=1S/C16H23N3O3/c1-11-6-7-13(9-15(11)17-12(2)21)18-16(22)19-8-4-3-5-14(19)10-20/h6-7,9,14,20H,3-5,8,10H2,1-2H3,(H,17,21)(H,18,22). The van der Waals surface area contributed by atoms with Gasteiger partial charge in [-0.15, -0.1) is 0 Å². The van der Waals surface area contributed by atoms with Crippen LogP contribution in [0.5, 0.6) is 0 Å². The van der Waals surface area contributed by atoms with Gasteiger partial charge in [0.15, 0.2) is 0 Å². The van der Waals surface area contributed by atoms with Crippen molar-refractivity contribution in [1.29, 1.82) is 0 Å². The molecule has 1 unspecified atom stereocenters. The maximum Gasteiger partial charge on any atom is 0.322 e. The van der Waals surface area contributed by atoms with Crippen molar-refractivity contribution in [2.24, 2.45) is 0 Å². The maximum absolute atomic E-state index is 12.4. The van der Waals surface area contributed by atoms with Gasteiger partial charge in [0.1, 0.15) is 0 Å². The van der Waals surface area contributed by atoms with Crippen LogP contribution in [0.2, 0.25) is 0 Å². The minimum Gasteiger partial charge on any atom is -0.394 e. The van der Waals surface area contributed by atoms with Gasteiger partial charge in [0.2, 0.25) is 5.91 Å². The first-order valence-electron chi connectivity index (χ1n) is 7.58. The zero-order valence-corrected chi connectivity index (χ0v) is 13.1. The highest BCUT2D eigenvalue weighted by atomic mass is 16.3. The van der Waals surface area contributed by atoms with Gasteiger partial charge in [-0.3, -0.25) is 4.79 Å². The molecule has 1 aromatic rings. The Balaban J connectivity index is 2.09. The maximum atomic E-state index is 12.4. The van der Waals surface area contributed by atoms with E-state index in [2.05, 4.69) is 10.6 Å². The van der Waals surface area contributed by atoms with Crippen LogP contribution in [0, 0.1) is 6.92 Å². The summed E-state index contributed by atoms with van der Waals surface area (Å²) in [7, 11) is 0. The van der Waals surface area contributed by atoms with Crippen LogP contribution in [0.3, 0.4) is 0 Å². The lowest BCUT2D eigenvalue weighted by Gasteiger charge is -2.34. The number of hydrogen-bond acceptors (Lipinski definition) is 3. The van der Waals surface area contributed by atoms with Gasteiger partial charge in [-0.1, -0.05) is 6.07 Å². The van der Waals surface area contributed by atoms with E-state index in [4.69, 9.17) is 0 Å². The van der Waals surface area contributed by atoms with Gasteiger partial charge in [0.25, 0.3) is 0 Å². The Morgan fingerprint density at radius 1 is 1.32 bits per heavy atom. The summed E-state index contributed by atoms with van der Waals surface area (Å²) < 4.78 is 0. The van der Waals surface area contributed by atoms with Gasteiger partial charge in [-0.2, -0.15) is 0 Å². The summed E-state index contributed by atoms with van der Waals surface area (Å²) in [5.74, 6) is -0.150. The Morgan fingerprint density at radius 2 is 2.09 bits per heavy atom. The van der Waals surface area contributed by atoms with E-state index >= 15 is 0 Å². The number of benzene rings is 1. The first-order chi connectivity index (χ1) is 10.5. The summed E-state index contributed by atoms with van der Waals surface area (Å²) in [5, 5.41) is 15.0. The second kappa shape index (κ2) is 7.26. The van der Waals surface area contributed by atoms with Crippen LogP contribution in [0.25, 0.3) is 0 Å².